The minimum absolute atomic E-state index is 0.618. The summed E-state index contributed by atoms with van der Waals surface area (Å²) >= 11 is 3.45. The minimum Gasteiger partial charge on any atom is -0.448 e. The van der Waals surface area contributed by atoms with E-state index in [9.17, 15) is 0 Å². The number of hydrogen-bond acceptors (Lipinski definition) is 2. The largest absolute Gasteiger partial charge is 0.448 e. The lowest BCUT2D eigenvalue weighted by Crippen LogP contribution is -1.98. The number of rotatable bonds is 2. The topological polar surface area (TPSA) is 26.0 Å². The van der Waals surface area contributed by atoms with Crippen molar-refractivity contribution in [1.29, 1.82) is 0 Å². The molecule has 1 fully saturated rings. The maximum atomic E-state index is 5.51. The van der Waals surface area contributed by atoms with Crippen LogP contribution in [0.15, 0.2) is 10.8 Å². The highest BCUT2D eigenvalue weighted by Gasteiger charge is 2.20. The Morgan fingerprint density at radius 3 is 2.64 bits per heavy atom. The van der Waals surface area contributed by atoms with Crippen LogP contribution >= 0.6 is 15.9 Å². The molecule has 0 atom stereocenters. The van der Waals surface area contributed by atoms with Gasteiger partial charge in [-0.25, -0.2) is 4.98 Å². The molecule has 0 saturated heterocycles. The van der Waals surface area contributed by atoms with E-state index in [1.54, 1.807) is 6.39 Å². The highest BCUT2D eigenvalue weighted by Crippen LogP contribution is 2.33. The second kappa shape index (κ2) is 4.96. The SMILES string of the molecule is BrCc1ncoc1C1CCCCCC1. The van der Waals surface area contributed by atoms with Gasteiger partial charge in [0.25, 0.3) is 0 Å². The van der Waals surface area contributed by atoms with E-state index in [2.05, 4.69) is 20.9 Å². The lowest BCUT2D eigenvalue weighted by atomic mass is 9.96. The molecule has 78 valence electrons. The fourth-order valence-electron chi connectivity index (χ4n) is 2.25. The van der Waals surface area contributed by atoms with E-state index in [1.165, 1.54) is 38.5 Å². The van der Waals surface area contributed by atoms with E-state index < -0.39 is 0 Å². The monoisotopic (exact) mass is 257 g/mol. The molecule has 1 saturated carbocycles. The smallest absolute Gasteiger partial charge is 0.181 e. The summed E-state index contributed by atoms with van der Waals surface area (Å²) in [6, 6.07) is 0. The highest BCUT2D eigenvalue weighted by atomic mass is 79.9. The van der Waals surface area contributed by atoms with Gasteiger partial charge in [-0.05, 0) is 12.8 Å². The van der Waals surface area contributed by atoms with Gasteiger partial charge in [0.1, 0.15) is 5.76 Å². The molecule has 2 nitrogen and oxygen atoms in total. The molecule has 0 aliphatic heterocycles. The van der Waals surface area contributed by atoms with Crippen molar-refractivity contribution in [2.75, 3.05) is 0 Å². The lowest BCUT2D eigenvalue weighted by Gasteiger charge is -2.11. The third-order valence-electron chi connectivity index (χ3n) is 3.03. The number of halogens is 1. The van der Waals surface area contributed by atoms with Gasteiger partial charge in [-0.3, -0.25) is 0 Å². The molecule has 0 aromatic carbocycles. The summed E-state index contributed by atoms with van der Waals surface area (Å²) in [7, 11) is 0. The van der Waals surface area contributed by atoms with Crippen LogP contribution < -0.4 is 0 Å². The summed E-state index contributed by atoms with van der Waals surface area (Å²) in [5.74, 6) is 1.75. The van der Waals surface area contributed by atoms with Crippen LogP contribution in [0.1, 0.15) is 55.9 Å². The fraction of sp³-hybridized carbons (Fsp3) is 0.727. The predicted octanol–water partition coefficient (Wildman–Crippen LogP) is 4.01. The summed E-state index contributed by atoms with van der Waals surface area (Å²) in [4.78, 5) is 4.23. The summed E-state index contributed by atoms with van der Waals surface area (Å²) in [6.45, 7) is 0. The van der Waals surface area contributed by atoms with Gasteiger partial charge in [-0.2, -0.15) is 0 Å². The molecule has 0 spiro atoms. The van der Waals surface area contributed by atoms with Crippen LogP contribution in [-0.4, -0.2) is 4.98 Å². The molecule has 1 aliphatic rings. The van der Waals surface area contributed by atoms with Crippen molar-refractivity contribution in [3.05, 3.63) is 17.8 Å². The van der Waals surface area contributed by atoms with Crippen LogP contribution in [0.25, 0.3) is 0 Å². The second-order valence-electron chi connectivity index (χ2n) is 3.99. The molecule has 2 rings (SSSR count). The first kappa shape index (κ1) is 10.2. The van der Waals surface area contributed by atoms with Crippen LogP contribution in [0.2, 0.25) is 0 Å². The van der Waals surface area contributed by atoms with Crippen molar-refractivity contribution in [2.45, 2.75) is 49.8 Å². The van der Waals surface area contributed by atoms with E-state index in [4.69, 9.17) is 4.42 Å². The van der Waals surface area contributed by atoms with Crippen LogP contribution in [0.3, 0.4) is 0 Å². The molecule has 1 aliphatic carbocycles. The standard InChI is InChI=1S/C11H16BrNO/c12-7-10-11(14-8-13-10)9-5-3-1-2-4-6-9/h8-9H,1-7H2. The number of oxazole rings is 1. The zero-order valence-electron chi connectivity index (χ0n) is 8.34. The fourth-order valence-corrected chi connectivity index (χ4v) is 2.67. The maximum absolute atomic E-state index is 5.51. The van der Waals surface area contributed by atoms with Crippen molar-refractivity contribution in [2.24, 2.45) is 0 Å². The number of nitrogens with zero attached hydrogens (tertiary/aromatic N) is 1. The molecule has 0 amide bonds. The van der Waals surface area contributed by atoms with Crippen molar-refractivity contribution in [3.63, 3.8) is 0 Å². The molecule has 0 bridgehead atoms. The molecule has 0 unspecified atom stereocenters. The summed E-state index contributed by atoms with van der Waals surface area (Å²) in [6.07, 6.45) is 9.57. The Balaban J connectivity index is 2.11. The Labute approximate surface area is 93.2 Å². The first-order chi connectivity index (χ1) is 6.92. The number of aromatic nitrogens is 1. The van der Waals surface area contributed by atoms with Crippen LogP contribution in [0.4, 0.5) is 0 Å². The second-order valence-corrected chi connectivity index (χ2v) is 4.55. The average Bonchev–Trinajstić information content (AvgIpc) is 2.52. The van der Waals surface area contributed by atoms with Gasteiger partial charge < -0.3 is 4.42 Å². The van der Waals surface area contributed by atoms with Gasteiger partial charge >= 0.3 is 0 Å². The van der Waals surface area contributed by atoms with Crippen molar-refractivity contribution >= 4 is 15.9 Å². The van der Waals surface area contributed by atoms with Crippen molar-refractivity contribution < 1.29 is 4.42 Å². The lowest BCUT2D eigenvalue weighted by molar-refractivity contribution is 0.430. The molecule has 14 heavy (non-hydrogen) atoms. The Kier molecular flexibility index (Phi) is 3.62. The average molecular weight is 258 g/mol. The zero-order valence-corrected chi connectivity index (χ0v) is 9.92. The predicted molar refractivity (Wildman–Crippen MR) is 59.6 cm³/mol. The minimum atomic E-state index is 0.618. The Bertz CT molecular complexity index is 277. The Morgan fingerprint density at radius 2 is 2.00 bits per heavy atom. The highest BCUT2D eigenvalue weighted by molar-refractivity contribution is 9.08. The zero-order chi connectivity index (χ0) is 9.80. The van der Waals surface area contributed by atoms with E-state index >= 15 is 0 Å². The molecule has 0 radical (unpaired) electrons. The van der Waals surface area contributed by atoms with Crippen LogP contribution in [-0.2, 0) is 5.33 Å². The van der Waals surface area contributed by atoms with Gasteiger partial charge in [-0.15, -0.1) is 0 Å². The van der Waals surface area contributed by atoms with Gasteiger partial charge in [-0.1, -0.05) is 41.6 Å². The van der Waals surface area contributed by atoms with Crippen molar-refractivity contribution in [1.82, 2.24) is 4.98 Å². The summed E-state index contributed by atoms with van der Waals surface area (Å²) in [5.41, 5.74) is 1.09. The molecular weight excluding hydrogens is 242 g/mol. The third-order valence-corrected chi connectivity index (χ3v) is 3.56. The van der Waals surface area contributed by atoms with Crippen molar-refractivity contribution in [3.8, 4) is 0 Å². The molecule has 3 heteroatoms. The van der Waals surface area contributed by atoms with E-state index in [-0.39, 0.29) is 0 Å². The quantitative estimate of drug-likeness (QED) is 0.591. The van der Waals surface area contributed by atoms with Gasteiger partial charge in [0.15, 0.2) is 6.39 Å². The molecule has 1 aromatic heterocycles. The Morgan fingerprint density at radius 1 is 1.29 bits per heavy atom. The van der Waals surface area contributed by atoms with E-state index in [0.717, 1.165) is 16.8 Å². The number of alkyl halides is 1. The first-order valence-electron chi connectivity index (χ1n) is 5.40. The van der Waals surface area contributed by atoms with Gasteiger partial charge in [0.2, 0.25) is 0 Å². The molecule has 1 heterocycles. The molecular formula is C11H16BrNO. The maximum Gasteiger partial charge on any atom is 0.181 e. The normalized spacial score (nSPS) is 19.5. The molecule has 0 N–H and O–H groups in total. The third kappa shape index (κ3) is 2.19. The number of hydrogen-bond donors (Lipinski definition) is 0. The van der Waals surface area contributed by atoms with E-state index in [0.29, 0.717) is 5.92 Å². The Hall–Kier alpha value is -0.310. The summed E-state index contributed by atoms with van der Waals surface area (Å²) < 4.78 is 5.51. The summed E-state index contributed by atoms with van der Waals surface area (Å²) in [5, 5.41) is 0.815. The van der Waals surface area contributed by atoms with Gasteiger partial charge in [0.05, 0.1) is 5.69 Å². The van der Waals surface area contributed by atoms with Crippen LogP contribution in [0.5, 0.6) is 0 Å². The van der Waals surface area contributed by atoms with Crippen LogP contribution in [0, 0.1) is 0 Å². The van der Waals surface area contributed by atoms with E-state index in [1.807, 2.05) is 0 Å². The van der Waals surface area contributed by atoms with Gasteiger partial charge in [0, 0.05) is 11.2 Å². The first-order valence-corrected chi connectivity index (χ1v) is 6.52. The molecule has 1 aromatic rings.